The van der Waals surface area contributed by atoms with Crippen LogP contribution < -0.4 is 68.2 Å². The maximum Gasteiger partial charge on any atom is 0.330 e. The summed E-state index contributed by atoms with van der Waals surface area (Å²) in [7, 11) is 1.48. The van der Waals surface area contributed by atoms with Crippen LogP contribution in [-0.2, 0) is 59.1 Å². The third kappa shape index (κ3) is 19.6. The molecule has 7 aliphatic heterocycles. The fourth-order valence-electron chi connectivity index (χ4n) is 14.8. The number of nitrogens with two attached hydrogens (primary N) is 2. The Bertz CT molecular complexity index is 5300. The zero-order valence-electron chi connectivity index (χ0n) is 64.8. The van der Waals surface area contributed by atoms with Crippen LogP contribution in [0.15, 0.2) is 132 Å². The van der Waals surface area contributed by atoms with E-state index in [1.165, 1.54) is 25.2 Å². The van der Waals surface area contributed by atoms with Crippen molar-refractivity contribution in [2.45, 2.75) is 167 Å². The molecule has 10 unspecified atom stereocenters. The second-order valence-electron chi connectivity index (χ2n) is 30.2. The Hall–Kier alpha value is -10.7. The third-order valence-corrected chi connectivity index (χ3v) is 24.0. The molecule has 8 heterocycles. The molecule has 7 aliphatic rings. The second-order valence-corrected chi connectivity index (χ2v) is 33.7. The number of aliphatic hydroxyl groups excluding tert-OH is 5. The Morgan fingerprint density at radius 3 is 1.93 bits per heavy atom. The Kier molecular flexibility index (Phi) is 26.9. The van der Waals surface area contributed by atoms with Gasteiger partial charge < -0.3 is 128 Å². The summed E-state index contributed by atoms with van der Waals surface area (Å²) in [5.74, 6) is -16.1. The van der Waals surface area contributed by atoms with Gasteiger partial charge in [0.2, 0.25) is 58.5 Å². The second kappa shape index (κ2) is 36.9. The quantitative estimate of drug-likeness (QED) is 0.0445. The summed E-state index contributed by atoms with van der Waals surface area (Å²) in [5.41, 5.74) is 10.4. The number of carboxylic acid groups (broad SMARTS) is 1. The number of anilines is 1. The maximum atomic E-state index is 16.3. The smallest absolute Gasteiger partial charge is 0.330 e. The average Bonchev–Trinajstić information content (AvgIpc) is 1.14. The highest BCUT2D eigenvalue weighted by atomic mass is 35.5. The molecule has 0 saturated carbocycles. The minimum absolute atomic E-state index is 0.0925. The van der Waals surface area contributed by atoms with E-state index in [1.54, 1.807) is 26.0 Å². The normalized spacial score (nSPS) is 26.5. The van der Waals surface area contributed by atoms with Gasteiger partial charge in [-0.15, -0.1) is 10.2 Å². The van der Waals surface area contributed by atoms with Crippen molar-refractivity contribution in [2.75, 3.05) is 18.5 Å². The number of aromatic hydroxyl groups is 3. The third-order valence-electron chi connectivity index (χ3n) is 21.2. The number of phenolic OH excluding ortho intramolecular Hbond substituents is 3. The SMILES string of the molecule is CN[C@@H](CC(C)C)C(=O)N[C@H]1C(=O)N[C@@H](CC(N)=O)C(=O)N[C@H]2C(=O)NC3C(=O)N[C@H](C(=O)N[C@@H](C(=O)O)c4cc(O)cc(O)c4-c4cc3ccc4O)[C@H](O)c3ccc(c(Cl)c3)Oc3cc2cc(c3OC2OC(CSc3nnc(N)s3)C(O)C(O)C2OC2CC(C)(NCc3ccc(-c4ccc(Cl)cc4)cc3)C(O)C(C)O2)Oc2ccc(cc2Cl)[C@H]1O. The van der Waals surface area contributed by atoms with Crippen molar-refractivity contribution in [3.63, 3.8) is 0 Å². The Morgan fingerprint density at radius 2 is 1.31 bits per heavy atom. The number of aromatic nitrogens is 2. The standard InChI is InChI=1S/C81H85Cl3N12O23S2/c1-32(2)20-47(87-5)71(106)93-62-64(101)38-13-18-51(45(83)22-38)115-53-24-40-25-54(68(53)119-78-69(67(104)66(103)55(117-78)31-120-80-96-95-79(86)121-80)118-57-29-81(4,70(105)33(3)114-57)88-30-34-6-8-35(9-7-34)36-10-15-41(82)16-11-36)116-52-19-14-39(23-46(52)84)65(102)63-76(111)92-61(77(112)113)44-26-42(97)27-50(99)58(44)43-21-37(12-17-49(43)98)59(73(108)94-63)91-74(109)60(40)90-72(107)48(28-56(85)100)89-75(62)110/h6-19,21-27,32-33,47-48,55,57,59-67,69-70,78,87-88,97-99,101-105H,20,28-31H2,1-5H3,(H2,85,100)(H2,86,95)(H,89,110)(H,90,107)(H,91,109)(H,92,111)(H,93,106)(H,94,108)(H,112,113)/t33?,47-,48-,55?,57?,59?,60+,61+,62+,63-,64+,65+,66?,67?,69?,70?,78?,81?/m0/s1. The molecule has 35 nitrogen and oxygen atoms in total. The van der Waals surface area contributed by atoms with Crippen LogP contribution in [0.25, 0.3) is 22.3 Å². The molecule has 7 aromatic carbocycles. The number of hydrogen-bond acceptors (Lipinski definition) is 29. The van der Waals surface area contributed by atoms with Crippen molar-refractivity contribution in [3.8, 4) is 68.2 Å². The van der Waals surface area contributed by atoms with Gasteiger partial charge in [-0.25, -0.2) is 4.79 Å². The Labute approximate surface area is 713 Å². The van der Waals surface area contributed by atoms with Crippen molar-refractivity contribution in [2.24, 2.45) is 11.7 Å². The average molecular weight is 1770 g/mol. The number of fused-ring (bicyclic) bond motifs is 15. The largest absolute Gasteiger partial charge is 0.508 e. The van der Waals surface area contributed by atoms with Gasteiger partial charge in [0.05, 0.1) is 40.8 Å². The number of hydrogen-bond donors (Lipinski definition) is 19. The molecule has 0 radical (unpaired) electrons. The van der Waals surface area contributed by atoms with Gasteiger partial charge >= 0.3 is 5.97 Å². The molecule has 640 valence electrons. The lowest BCUT2D eigenvalue weighted by Gasteiger charge is -2.48. The zero-order valence-corrected chi connectivity index (χ0v) is 68.7. The van der Waals surface area contributed by atoms with Gasteiger partial charge in [0.1, 0.15) is 83.4 Å². The molecular weight excluding hydrogens is 1680 g/mol. The molecule has 18 atom stereocenters. The molecule has 2 saturated heterocycles. The van der Waals surface area contributed by atoms with Gasteiger partial charge in [0.15, 0.2) is 34.3 Å². The predicted molar refractivity (Wildman–Crippen MR) is 437 cm³/mol. The van der Waals surface area contributed by atoms with E-state index in [1.807, 2.05) is 50.2 Å². The number of carboxylic acids is 1. The number of rotatable bonds is 19. The number of nitrogens with zero attached hydrogens (tertiary/aromatic N) is 2. The number of benzene rings is 7. The van der Waals surface area contributed by atoms with Gasteiger partial charge in [-0.1, -0.05) is 126 Å². The molecule has 8 aromatic rings. The van der Waals surface area contributed by atoms with E-state index in [4.69, 9.17) is 74.7 Å². The lowest BCUT2D eigenvalue weighted by molar-refractivity contribution is -0.330. The monoisotopic (exact) mass is 1760 g/mol. The number of carbonyl (C=O) groups excluding carboxylic acids is 7. The number of aliphatic carboxylic acids is 1. The number of thioether (sulfide) groups is 1. The van der Waals surface area contributed by atoms with Gasteiger partial charge in [-0.05, 0) is 139 Å². The molecule has 0 aliphatic carbocycles. The highest BCUT2D eigenvalue weighted by molar-refractivity contribution is 8.01. The van der Waals surface area contributed by atoms with Gasteiger partial charge in [-0.2, -0.15) is 0 Å². The summed E-state index contributed by atoms with van der Waals surface area (Å²) in [6.07, 6.45) is -18.2. The van der Waals surface area contributed by atoms with E-state index in [0.717, 1.165) is 100 Å². The maximum absolute atomic E-state index is 16.3. The number of nitrogen functional groups attached to an aromatic ring is 1. The molecule has 1 aromatic heterocycles. The van der Waals surface area contributed by atoms with E-state index < -0.39 is 225 Å². The number of halogens is 3. The number of carbonyl (C=O) groups is 8. The number of nitrogens with one attached hydrogen (secondary N) is 8. The summed E-state index contributed by atoms with van der Waals surface area (Å²) < 4.78 is 40.9. The molecule has 0 spiro atoms. The summed E-state index contributed by atoms with van der Waals surface area (Å²) >= 11 is 22.6. The summed E-state index contributed by atoms with van der Waals surface area (Å²) in [6.45, 7) is 7.18. The first-order valence-corrected chi connectivity index (χ1v) is 40.8. The van der Waals surface area contributed by atoms with Gasteiger partial charge in [0, 0.05) is 52.0 Å². The Morgan fingerprint density at radius 1 is 0.694 bits per heavy atom. The number of likely N-dealkylation sites (N-methyl/N-ethyl adjacent to an activating group) is 1. The lowest BCUT2D eigenvalue weighted by Crippen LogP contribution is -2.65. The van der Waals surface area contributed by atoms with Crippen LogP contribution in [0.1, 0.15) is 111 Å². The van der Waals surface area contributed by atoms with Crippen LogP contribution in [0, 0.1) is 5.92 Å². The molecule has 40 heteroatoms. The van der Waals surface area contributed by atoms with Gasteiger partial charge in [0.25, 0.3) is 0 Å². The molecule has 2 fully saturated rings. The molecule has 21 N–H and O–H groups in total. The Balaban J connectivity index is 0.998. The van der Waals surface area contributed by atoms with Crippen molar-refractivity contribution in [1.29, 1.82) is 0 Å². The van der Waals surface area contributed by atoms with Crippen LogP contribution in [0.3, 0.4) is 0 Å². The lowest BCUT2D eigenvalue weighted by atomic mass is 9.84. The van der Waals surface area contributed by atoms with Crippen molar-refractivity contribution < 1.29 is 113 Å². The van der Waals surface area contributed by atoms with Crippen LogP contribution in [-0.4, -0.2) is 195 Å². The topological polar surface area (TPSA) is 548 Å². The minimum Gasteiger partial charge on any atom is -0.508 e. The number of aliphatic hydroxyl groups is 5. The van der Waals surface area contributed by atoms with E-state index in [2.05, 4.69) is 52.7 Å². The van der Waals surface area contributed by atoms with E-state index in [9.17, 15) is 60.3 Å². The highest BCUT2D eigenvalue weighted by Gasteiger charge is 2.53. The zero-order chi connectivity index (χ0) is 86.9. The molecular formula is C81H85Cl3N12O23S2. The first-order chi connectivity index (χ1) is 57.5. The number of ether oxygens (including phenoxy) is 6. The van der Waals surface area contributed by atoms with Gasteiger partial charge in [-0.3, -0.25) is 33.6 Å². The molecule has 7 amide bonds. The number of phenols is 3. The van der Waals surface area contributed by atoms with E-state index in [-0.39, 0.29) is 69.4 Å². The first-order valence-electron chi connectivity index (χ1n) is 37.9. The fourth-order valence-corrected chi connectivity index (χ4v) is 17.1. The van der Waals surface area contributed by atoms with E-state index in [0.29, 0.717) is 9.36 Å². The fraction of sp³-hybridized carbons (Fsp3) is 0.358. The highest BCUT2D eigenvalue weighted by Crippen LogP contribution is 2.50. The summed E-state index contributed by atoms with van der Waals surface area (Å²) in [4.78, 5) is 119. The van der Waals surface area contributed by atoms with E-state index >= 15 is 24.0 Å². The minimum atomic E-state index is -2.37. The molecule has 15 rings (SSSR count). The van der Waals surface area contributed by atoms with Crippen molar-refractivity contribution >= 4 is 110 Å². The van der Waals surface area contributed by atoms with Crippen LogP contribution in [0.2, 0.25) is 15.1 Å². The number of primary amides is 1. The summed E-state index contributed by atoms with van der Waals surface area (Å²) in [6, 6.07) is 14.5. The molecule has 11 bridgehead atoms. The van der Waals surface area contributed by atoms with Crippen LogP contribution >= 0.6 is 57.9 Å². The predicted octanol–water partition coefficient (Wildman–Crippen LogP) is 5.49. The number of amides is 7. The van der Waals surface area contributed by atoms with Crippen LogP contribution in [0.4, 0.5) is 5.13 Å². The van der Waals surface area contributed by atoms with Crippen molar-refractivity contribution in [3.05, 3.63) is 176 Å². The van der Waals surface area contributed by atoms with Crippen LogP contribution in [0.5, 0.6) is 46.0 Å². The first kappa shape index (κ1) is 88.1. The van der Waals surface area contributed by atoms with Crippen molar-refractivity contribution in [1.82, 2.24) is 52.7 Å². The summed E-state index contributed by atoms with van der Waals surface area (Å²) in [5, 5.41) is 136. The molecule has 121 heavy (non-hydrogen) atoms.